The van der Waals surface area contributed by atoms with Crippen LogP contribution in [-0.2, 0) is 4.79 Å². The molecule has 0 unspecified atom stereocenters. The van der Waals surface area contributed by atoms with Crippen LogP contribution in [0.4, 0.5) is 5.69 Å². The second kappa shape index (κ2) is 6.52. The summed E-state index contributed by atoms with van der Waals surface area (Å²) >= 11 is 4.90. The Kier molecular flexibility index (Phi) is 4.39. The summed E-state index contributed by atoms with van der Waals surface area (Å²) in [5.41, 5.74) is 0.804. The SMILES string of the molecule is C[C@H](Sc1nnc(C2CC2)n1C1CC1)C(=O)Nc1ccc(Br)cc1. The monoisotopic (exact) mass is 406 g/mol. The average Bonchev–Trinajstić information content (AvgIpc) is 3.49. The fourth-order valence-electron chi connectivity index (χ4n) is 2.65. The summed E-state index contributed by atoms with van der Waals surface area (Å²) in [6.07, 6.45) is 4.83. The molecule has 0 bridgehead atoms. The summed E-state index contributed by atoms with van der Waals surface area (Å²) in [4.78, 5) is 12.5. The van der Waals surface area contributed by atoms with E-state index in [2.05, 4.69) is 36.0 Å². The maximum atomic E-state index is 12.5. The van der Waals surface area contributed by atoms with Gasteiger partial charge in [0.2, 0.25) is 5.91 Å². The molecule has 1 atom stereocenters. The van der Waals surface area contributed by atoms with Gasteiger partial charge in [-0.2, -0.15) is 0 Å². The minimum atomic E-state index is -0.220. The lowest BCUT2D eigenvalue weighted by Gasteiger charge is -2.13. The Bertz CT molecular complexity index is 752. The third-order valence-corrected chi connectivity index (χ3v) is 5.89. The minimum Gasteiger partial charge on any atom is -0.325 e. The zero-order valence-corrected chi connectivity index (χ0v) is 15.8. The lowest BCUT2D eigenvalue weighted by Crippen LogP contribution is -2.23. The number of amides is 1. The number of thioether (sulfide) groups is 1. The van der Waals surface area contributed by atoms with Crippen LogP contribution in [0, 0.1) is 0 Å². The van der Waals surface area contributed by atoms with E-state index in [0.717, 1.165) is 21.1 Å². The Labute approximate surface area is 153 Å². The Balaban J connectivity index is 1.44. The van der Waals surface area contributed by atoms with Crippen molar-refractivity contribution in [2.24, 2.45) is 0 Å². The topological polar surface area (TPSA) is 59.8 Å². The summed E-state index contributed by atoms with van der Waals surface area (Å²) in [5.74, 6) is 1.69. The number of nitrogens with one attached hydrogen (secondary N) is 1. The van der Waals surface area contributed by atoms with E-state index in [0.29, 0.717) is 12.0 Å². The Morgan fingerprint density at radius 1 is 1.25 bits per heavy atom. The van der Waals surface area contributed by atoms with Gasteiger partial charge in [-0.25, -0.2) is 0 Å². The third-order valence-electron chi connectivity index (χ3n) is 4.31. The molecule has 0 radical (unpaired) electrons. The van der Waals surface area contributed by atoms with Crippen molar-refractivity contribution < 1.29 is 4.79 Å². The molecule has 126 valence electrons. The molecule has 0 saturated heterocycles. The lowest BCUT2D eigenvalue weighted by molar-refractivity contribution is -0.115. The van der Waals surface area contributed by atoms with Crippen LogP contribution in [0.3, 0.4) is 0 Å². The number of rotatable bonds is 6. The number of carbonyl (C=O) groups is 1. The van der Waals surface area contributed by atoms with Crippen molar-refractivity contribution in [1.82, 2.24) is 14.8 Å². The molecule has 4 rings (SSSR count). The highest BCUT2D eigenvalue weighted by Crippen LogP contribution is 2.46. The molecule has 5 nitrogen and oxygen atoms in total. The number of hydrogen-bond acceptors (Lipinski definition) is 4. The fourth-order valence-corrected chi connectivity index (χ4v) is 3.84. The normalized spacial score (nSPS) is 18.4. The Hall–Kier alpha value is -1.34. The number of anilines is 1. The van der Waals surface area contributed by atoms with E-state index in [-0.39, 0.29) is 11.2 Å². The molecular formula is C17H19BrN4OS. The van der Waals surface area contributed by atoms with E-state index in [4.69, 9.17) is 0 Å². The summed E-state index contributed by atoms with van der Waals surface area (Å²) in [6, 6.07) is 8.15. The lowest BCUT2D eigenvalue weighted by atomic mass is 10.3. The van der Waals surface area contributed by atoms with Gasteiger partial charge >= 0.3 is 0 Å². The Morgan fingerprint density at radius 2 is 1.96 bits per heavy atom. The number of hydrogen-bond donors (Lipinski definition) is 1. The summed E-state index contributed by atoms with van der Waals surface area (Å²) in [7, 11) is 0. The quantitative estimate of drug-likeness (QED) is 0.723. The summed E-state index contributed by atoms with van der Waals surface area (Å²) < 4.78 is 3.28. The summed E-state index contributed by atoms with van der Waals surface area (Å²) in [5, 5.41) is 12.4. The van der Waals surface area contributed by atoms with Gasteiger partial charge in [0.05, 0.1) is 5.25 Å². The molecule has 2 aromatic rings. The molecule has 0 spiro atoms. The first kappa shape index (κ1) is 16.1. The minimum absolute atomic E-state index is 0.0133. The van der Waals surface area contributed by atoms with Crippen molar-refractivity contribution in [1.29, 1.82) is 0 Å². The molecule has 0 aliphatic heterocycles. The number of nitrogens with zero attached hydrogens (tertiary/aromatic N) is 3. The van der Waals surface area contributed by atoms with Gasteiger partial charge in [-0.1, -0.05) is 27.7 Å². The van der Waals surface area contributed by atoms with Crippen molar-refractivity contribution in [3.05, 3.63) is 34.6 Å². The molecule has 24 heavy (non-hydrogen) atoms. The third kappa shape index (κ3) is 3.52. The largest absolute Gasteiger partial charge is 0.325 e. The first-order valence-corrected chi connectivity index (χ1v) is 9.97. The number of halogens is 1. The van der Waals surface area contributed by atoms with Gasteiger partial charge < -0.3 is 9.88 Å². The van der Waals surface area contributed by atoms with E-state index in [9.17, 15) is 4.79 Å². The molecule has 1 heterocycles. The van der Waals surface area contributed by atoms with Crippen LogP contribution < -0.4 is 5.32 Å². The van der Waals surface area contributed by atoms with E-state index in [1.54, 1.807) is 0 Å². The van der Waals surface area contributed by atoms with Crippen LogP contribution in [0.5, 0.6) is 0 Å². The second-order valence-electron chi connectivity index (χ2n) is 6.47. The zero-order valence-electron chi connectivity index (χ0n) is 13.4. The van der Waals surface area contributed by atoms with Crippen molar-refractivity contribution >= 4 is 39.3 Å². The molecule has 1 N–H and O–H groups in total. The van der Waals surface area contributed by atoms with Gasteiger partial charge in [0, 0.05) is 22.1 Å². The van der Waals surface area contributed by atoms with Crippen LogP contribution in [-0.4, -0.2) is 25.9 Å². The van der Waals surface area contributed by atoms with Gasteiger partial charge in [0.15, 0.2) is 5.16 Å². The maximum Gasteiger partial charge on any atom is 0.237 e. The molecule has 1 aromatic carbocycles. The molecule has 2 aliphatic carbocycles. The van der Waals surface area contributed by atoms with E-state index in [1.807, 2.05) is 31.2 Å². The molecule has 1 amide bonds. The Morgan fingerprint density at radius 3 is 2.58 bits per heavy atom. The molecule has 2 aliphatic rings. The second-order valence-corrected chi connectivity index (χ2v) is 8.70. The molecular weight excluding hydrogens is 388 g/mol. The maximum absolute atomic E-state index is 12.5. The van der Waals surface area contributed by atoms with Crippen molar-refractivity contribution in [3.8, 4) is 0 Å². The van der Waals surface area contributed by atoms with Crippen molar-refractivity contribution in [2.45, 2.75) is 55.0 Å². The number of carbonyl (C=O) groups excluding carboxylic acids is 1. The van der Waals surface area contributed by atoms with Crippen molar-refractivity contribution in [2.75, 3.05) is 5.32 Å². The predicted octanol–water partition coefficient (Wildman–Crippen LogP) is 4.37. The van der Waals surface area contributed by atoms with Gasteiger partial charge in [0.1, 0.15) is 5.82 Å². The smallest absolute Gasteiger partial charge is 0.237 e. The van der Waals surface area contributed by atoms with E-state index >= 15 is 0 Å². The summed E-state index contributed by atoms with van der Waals surface area (Å²) in [6.45, 7) is 1.92. The van der Waals surface area contributed by atoms with Gasteiger partial charge in [-0.05, 0) is 56.9 Å². The van der Waals surface area contributed by atoms with Crippen LogP contribution in [0.25, 0.3) is 0 Å². The van der Waals surface area contributed by atoms with Crippen LogP contribution in [0.1, 0.15) is 50.4 Å². The van der Waals surface area contributed by atoms with Gasteiger partial charge in [0.25, 0.3) is 0 Å². The zero-order chi connectivity index (χ0) is 16.7. The molecule has 7 heteroatoms. The fraction of sp³-hybridized carbons (Fsp3) is 0.471. The first-order chi connectivity index (χ1) is 11.6. The molecule has 2 saturated carbocycles. The highest BCUT2D eigenvalue weighted by molar-refractivity contribution is 9.10. The standard InChI is InChI=1S/C17H19BrN4OS/c1-10(16(23)19-13-6-4-12(18)5-7-13)24-17-21-20-15(11-2-3-11)22(17)14-8-9-14/h4-7,10-11,14H,2-3,8-9H2,1H3,(H,19,23)/t10-/m0/s1. The van der Waals surface area contributed by atoms with E-state index < -0.39 is 0 Å². The highest BCUT2D eigenvalue weighted by Gasteiger charge is 2.37. The van der Waals surface area contributed by atoms with Crippen LogP contribution >= 0.6 is 27.7 Å². The molecule has 1 aromatic heterocycles. The van der Waals surface area contributed by atoms with Crippen molar-refractivity contribution in [3.63, 3.8) is 0 Å². The van der Waals surface area contributed by atoms with Gasteiger partial charge in [-0.15, -0.1) is 10.2 Å². The predicted molar refractivity (Wildman–Crippen MR) is 98.4 cm³/mol. The highest BCUT2D eigenvalue weighted by atomic mass is 79.9. The molecule has 2 fully saturated rings. The van der Waals surface area contributed by atoms with Crippen LogP contribution in [0.15, 0.2) is 33.9 Å². The number of benzene rings is 1. The van der Waals surface area contributed by atoms with Gasteiger partial charge in [-0.3, -0.25) is 4.79 Å². The number of aromatic nitrogens is 3. The average molecular weight is 407 g/mol. The van der Waals surface area contributed by atoms with E-state index in [1.165, 1.54) is 37.4 Å². The first-order valence-electron chi connectivity index (χ1n) is 8.29. The van der Waals surface area contributed by atoms with Crippen LogP contribution in [0.2, 0.25) is 0 Å².